The molecule has 1 aromatic carbocycles. The van der Waals surface area contributed by atoms with E-state index >= 15 is 0 Å². The van der Waals surface area contributed by atoms with E-state index in [0.29, 0.717) is 11.4 Å². The fraction of sp³-hybridized carbons (Fsp3) is 0. The summed E-state index contributed by atoms with van der Waals surface area (Å²) in [6.45, 7) is 6.60. The van der Waals surface area contributed by atoms with Gasteiger partial charge < -0.3 is 5.73 Å². The highest BCUT2D eigenvalue weighted by molar-refractivity contribution is 5.51. The fourth-order valence-corrected chi connectivity index (χ4v) is 0.549. The van der Waals surface area contributed by atoms with Crippen LogP contribution in [0.2, 0.25) is 0 Å². The molecule has 2 N–H and O–H groups in total. The van der Waals surface area contributed by atoms with Gasteiger partial charge in [0.15, 0.2) is 5.69 Å². The summed E-state index contributed by atoms with van der Waals surface area (Å²) in [7, 11) is 0. The van der Waals surface area contributed by atoms with Gasteiger partial charge in [-0.05, 0) is 12.1 Å². The van der Waals surface area contributed by atoms with Crippen LogP contribution in [-0.2, 0) is 0 Å². The summed E-state index contributed by atoms with van der Waals surface area (Å²) >= 11 is 0. The second kappa shape index (κ2) is 2.19. The molecule has 0 aliphatic carbocycles. The van der Waals surface area contributed by atoms with Gasteiger partial charge in [0.05, 0.1) is 6.57 Å². The maximum Gasteiger partial charge on any atom is 0.187 e. The predicted molar refractivity (Wildman–Crippen MR) is 37.1 cm³/mol. The van der Waals surface area contributed by atoms with Crippen molar-refractivity contribution in [3.8, 4) is 0 Å². The Labute approximate surface area is 53.7 Å². The van der Waals surface area contributed by atoms with E-state index in [1.54, 1.807) is 24.3 Å². The van der Waals surface area contributed by atoms with E-state index in [0.717, 1.165) is 0 Å². The van der Waals surface area contributed by atoms with Crippen molar-refractivity contribution in [2.75, 3.05) is 5.73 Å². The first-order valence-electron chi connectivity index (χ1n) is 2.56. The number of anilines is 1. The van der Waals surface area contributed by atoms with Crippen LogP contribution in [0.25, 0.3) is 4.85 Å². The van der Waals surface area contributed by atoms with Gasteiger partial charge in [-0.1, -0.05) is 12.1 Å². The molecule has 2 nitrogen and oxygen atoms in total. The maximum absolute atomic E-state index is 6.60. The fourth-order valence-electron chi connectivity index (χ4n) is 0.549. The van der Waals surface area contributed by atoms with Crippen LogP contribution in [-0.4, -0.2) is 0 Å². The summed E-state index contributed by atoms with van der Waals surface area (Å²) < 4.78 is 0. The number of benzene rings is 1. The van der Waals surface area contributed by atoms with Crippen molar-refractivity contribution < 1.29 is 0 Å². The van der Waals surface area contributed by atoms with Crippen LogP contribution >= 0.6 is 0 Å². The van der Waals surface area contributed by atoms with Crippen molar-refractivity contribution in [1.82, 2.24) is 0 Å². The topological polar surface area (TPSA) is 30.4 Å². The largest absolute Gasteiger partial charge is 0.399 e. The molecule has 0 heterocycles. The van der Waals surface area contributed by atoms with E-state index in [1.807, 2.05) is 0 Å². The molecule has 0 aromatic heterocycles. The number of nitrogens with two attached hydrogens (primary N) is 1. The van der Waals surface area contributed by atoms with Crippen LogP contribution < -0.4 is 5.73 Å². The minimum absolute atomic E-state index is 0.629. The molecule has 0 saturated carbocycles. The molecular formula is C7H6N2. The smallest absolute Gasteiger partial charge is 0.187 e. The van der Waals surface area contributed by atoms with E-state index in [4.69, 9.17) is 12.3 Å². The minimum Gasteiger partial charge on any atom is -0.399 e. The highest BCUT2D eigenvalue weighted by Gasteiger charge is 1.85. The number of hydrogen-bond donors (Lipinski definition) is 1. The molecule has 0 unspecified atom stereocenters. The first kappa shape index (κ1) is 5.64. The van der Waals surface area contributed by atoms with Crippen molar-refractivity contribution in [3.63, 3.8) is 0 Å². The first-order valence-corrected chi connectivity index (χ1v) is 2.56. The van der Waals surface area contributed by atoms with Gasteiger partial charge in [-0.3, -0.25) is 0 Å². The Bertz CT molecular complexity index is 230. The van der Waals surface area contributed by atoms with Gasteiger partial charge in [-0.2, -0.15) is 0 Å². The van der Waals surface area contributed by atoms with Crippen LogP contribution in [0.3, 0.4) is 0 Å². The molecule has 0 spiro atoms. The van der Waals surface area contributed by atoms with Crippen molar-refractivity contribution >= 4 is 11.4 Å². The lowest BCUT2D eigenvalue weighted by Crippen LogP contribution is -1.80. The second-order valence-corrected chi connectivity index (χ2v) is 1.70. The molecule has 2 heteroatoms. The molecule has 0 radical (unpaired) electrons. The zero-order valence-electron chi connectivity index (χ0n) is 4.83. The number of nitrogen functional groups attached to an aromatic ring is 1. The van der Waals surface area contributed by atoms with E-state index in [9.17, 15) is 0 Å². The van der Waals surface area contributed by atoms with Crippen molar-refractivity contribution in [2.24, 2.45) is 0 Å². The summed E-state index contributed by atoms with van der Waals surface area (Å²) in [5, 5.41) is 0. The molecule has 0 aliphatic heterocycles. The number of nitrogens with zero attached hydrogens (tertiary/aromatic N) is 1. The molecule has 0 atom stereocenters. The SMILES string of the molecule is [C-]#[N+]c1ccc(N)cc1. The van der Waals surface area contributed by atoms with Crippen molar-refractivity contribution in [3.05, 3.63) is 35.7 Å². The van der Waals surface area contributed by atoms with Gasteiger partial charge in [-0.15, -0.1) is 0 Å². The Balaban J connectivity index is 3.06. The molecule has 9 heavy (non-hydrogen) atoms. The molecule has 44 valence electrons. The normalized spacial score (nSPS) is 8.33. The summed E-state index contributed by atoms with van der Waals surface area (Å²) in [5.74, 6) is 0. The Morgan fingerprint density at radius 1 is 1.22 bits per heavy atom. The summed E-state index contributed by atoms with van der Waals surface area (Å²) in [6, 6.07) is 6.82. The van der Waals surface area contributed by atoms with E-state index in [-0.39, 0.29) is 0 Å². The zero-order valence-corrected chi connectivity index (χ0v) is 4.83. The van der Waals surface area contributed by atoms with Gasteiger partial charge in [0.2, 0.25) is 0 Å². The molecule has 0 aliphatic rings. The third-order valence-electron chi connectivity index (χ3n) is 1.02. The molecule has 1 aromatic rings. The Kier molecular flexibility index (Phi) is 1.37. The molecule has 0 amide bonds. The molecule has 0 bridgehead atoms. The summed E-state index contributed by atoms with van der Waals surface area (Å²) in [6.07, 6.45) is 0. The Morgan fingerprint density at radius 2 is 1.78 bits per heavy atom. The third kappa shape index (κ3) is 1.20. The van der Waals surface area contributed by atoms with Crippen LogP contribution in [0.4, 0.5) is 11.4 Å². The first-order chi connectivity index (χ1) is 4.33. The lowest BCUT2D eigenvalue weighted by Gasteiger charge is -1.88. The number of rotatable bonds is 0. The summed E-state index contributed by atoms with van der Waals surface area (Å²) in [5.41, 5.74) is 6.70. The third-order valence-corrected chi connectivity index (χ3v) is 1.02. The standard InChI is InChI=1S/C7H6N2/c1-9-7-4-2-6(8)3-5-7/h2-5H,8H2. The molecule has 0 saturated heterocycles. The highest BCUT2D eigenvalue weighted by atomic mass is 14.6. The quantitative estimate of drug-likeness (QED) is 0.408. The van der Waals surface area contributed by atoms with Gasteiger partial charge in [0, 0.05) is 5.69 Å². The molecule has 0 fully saturated rings. The second-order valence-electron chi connectivity index (χ2n) is 1.70. The van der Waals surface area contributed by atoms with E-state index in [1.165, 1.54) is 0 Å². The van der Waals surface area contributed by atoms with Crippen molar-refractivity contribution in [1.29, 1.82) is 0 Å². The maximum atomic E-state index is 6.60. The Morgan fingerprint density at radius 3 is 2.22 bits per heavy atom. The lowest BCUT2D eigenvalue weighted by atomic mass is 10.3. The van der Waals surface area contributed by atoms with Gasteiger partial charge in [0.25, 0.3) is 0 Å². The summed E-state index contributed by atoms with van der Waals surface area (Å²) in [4.78, 5) is 3.21. The van der Waals surface area contributed by atoms with Gasteiger partial charge in [0.1, 0.15) is 0 Å². The van der Waals surface area contributed by atoms with Crippen LogP contribution in [0.15, 0.2) is 24.3 Å². The highest BCUT2D eigenvalue weighted by Crippen LogP contribution is 2.12. The minimum atomic E-state index is 0.629. The molecular weight excluding hydrogens is 112 g/mol. The van der Waals surface area contributed by atoms with Crippen LogP contribution in [0.1, 0.15) is 0 Å². The van der Waals surface area contributed by atoms with Crippen LogP contribution in [0.5, 0.6) is 0 Å². The molecule has 1 rings (SSSR count). The van der Waals surface area contributed by atoms with Crippen molar-refractivity contribution in [2.45, 2.75) is 0 Å². The van der Waals surface area contributed by atoms with Crippen LogP contribution in [0, 0.1) is 6.57 Å². The Hall–Kier alpha value is -1.49. The average molecular weight is 118 g/mol. The van der Waals surface area contributed by atoms with E-state index in [2.05, 4.69) is 4.85 Å². The van der Waals surface area contributed by atoms with Gasteiger partial charge in [-0.25, -0.2) is 4.85 Å². The predicted octanol–water partition coefficient (Wildman–Crippen LogP) is 1.82. The number of hydrogen-bond acceptors (Lipinski definition) is 1. The zero-order chi connectivity index (χ0) is 6.69. The monoisotopic (exact) mass is 118 g/mol. The van der Waals surface area contributed by atoms with Gasteiger partial charge >= 0.3 is 0 Å². The lowest BCUT2D eigenvalue weighted by molar-refractivity contribution is 1.69. The average Bonchev–Trinajstić information content (AvgIpc) is 1.90. The van der Waals surface area contributed by atoms with E-state index < -0.39 is 0 Å².